The van der Waals surface area contributed by atoms with Gasteiger partial charge >= 0.3 is 5.97 Å². The number of carbonyl (C=O) groups excluding carboxylic acids is 1. The van der Waals surface area contributed by atoms with Gasteiger partial charge in [-0.25, -0.2) is 8.42 Å². The van der Waals surface area contributed by atoms with Crippen LogP contribution in [0.2, 0.25) is 0 Å². The van der Waals surface area contributed by atoms with Crippen LogP contribution in [0.15, 0.2) is 42.5 Å². The molecule has 1 fully saturated rings. The topological polar surface area (TPSA) is 72.9 Å². The second-order valence-electron chi connectivity index (χ2n) is 9.80. The van der Waals surface area contributed by atoms with E-state index in [1.807, 2.05) is 30.3 Å². The molecule has 36 heavy (non-hydrogen) atoms. The van der Waals surface area contributed by atoms with E-state index in [4.69, 9.17) is 9.47 Å². The summed E-state index contributed by atoms with van der Waals surface area (Å²) in [4.78, 5) is 12.2. The fraction of sp³-hybridized carbons (Fsp3) is 0.690. The number of hydrogen-bond acceptors (Lipinski definition) is 5. The monoisotopic (exact) mass is 521 g/mol. The molecule has 0 aliphatic carbocycles. The first-order chi connectivity index (χ1) is 17.5. The number of unbranched alkanes of at least 4 members (excludes halogenated alkanes) is 11. The van der Waals surface area contributed by atoms with Gasteiger partial charge in [-0.05, 0) is 37.7 Å². The van der Waals surface area contributed by atoms with Crippen LogP contribution in [-0.2, 0) is 30.8 Å². The standard InChI is InChI=1S/C29H47NO5S/c1-2-3-4-5-6-7-8-9-10-11-12-13-14-15-19-22-29(31)35-25-28-24-34-26-36(32,33)30(28)23-27-20-17-16-18-21-27/h9-10,16-18,20-21,28H,2-8,11-15,19,22-26H2,1H3/b10-9-/t28-/m0/s1. The number of rotatable bonds is 19. The molecule has 0 amide bonds. The van der Waals surface area contributed by atoms with Crippen molar-refractivity contribution in [3.05, 3.63) is 48.0 Å². The van der Waals surface area contributed by atoms with Gasteiger partial charge in [0.25, 0.3) is 0 Å². The summed E-state index contributed by atoms with van der Waals surface area (Å²) in [6, 6.07) is 8.94. The molecule has 1 atom stereocenters. The zero-order valence-electron chi connectivity index (χ0n) is 22.2. The van der Waals surface area contributed by atoms with Crippen molar-refractivity contribution in [2.45, 2.75) is 109 Å². The number of nitrogens with zero attached hydrogens (tertiary/aromatic N) is 1. The second-order valence-corrected chi connectivity index (χ2v) is 11.7. The highest BCUT2D eigenvalue weighted by Crippen LogP contribution is 2.20. The number of ether oxygens (including phenoxy) is 2. The largest absolute Gasteiger partial charge is 0.464 e. The van der Waals surface area contributed by atoms with Gasteiger partial charge in [0.2, 0.25) is 10.0 Å². The van der Waals surface area contributed by atoms with Gasteiger partial charge < -0.3 is 9.47 Å². The van der Waals surface area contributed by atoms with Crippen molar-refractivity contribution >= 4 is 16.0 Å². The van der Waals surface area contributed by atoms with Crippen LogP contribution in [0.5, 0.6) is 0 Å². The molecule has 1 aromatic rings. The van der Waals surface area contributed by atoms with E-state index >= 15 is 0 Å². The molecule has 1 heterocycles. The quantitative estimate of drug-likeness (QED) is 0.114. The predicted octanol–water partition coefficient (Wildman–Crippen LogP) is 6.76. The molecular weight excluding hydrogens is 474 g/mol. The third kappa shape index (κ3) is 13.0. The lowest BCUT2D eigenvalue weighted by Gasteiger charge is -2.34. The summed E-state index contributed by atoms with van der Waals surface area (Å²) in [5, 5.41) is 0. The molecule has 0 spiro atoms. The first kappa shape index (κ1) is 30.5. The van der Waals surface area contributed by atoms with E-state index in [0.717, 1.165) is 31.2 Å². The van der Waals surface area contributed by atoms with Crippen molar-refractivity contribution in [3.63, 3.8) is 0 Å². The Balaban J connectivity index is 1.52. The Morgan fingerprint density at radius 2 is 1.56 bits per heavy atom. The van der Waals surface area contributed by atoms with E-state index in [1.165, 1.54) is 62.1 Å². The third-order valence-electron chi connectivity index (χ3n) is 6.57. The van der Waals surface area contributed by atoms with Gasteiger partial charge in [0, 0.05) is 13.0 Å². The van der Waals surface area contributed by atoms with Gasteiger partial charge in [0.05, 0.1) is 12.6 Å². The van der Waals surface area contributed by atoms with E-state index in [0.29, 0.717) is 6.42 Å². The highest BCUT2D eigenvalue weighted by Gasteiger charge is 2.35. The smallest absolute Gasteiger partial charge is 0.305 e. The minimum atomic E-state index is -3.55. The summed E-state index contributed by atoms with van der Waals surface area (Å²) in [5.74, 6) is -0.602. The molecule has 0 bridgehead atoms. The maximum absolute atomic E-state index is 12.5. The van der Waals surface area contributed by atoms with Crippen LogP contribution in [-0.4, -0.2) is 43.9 Å². The lowest BCUT2D eigenvalue weighted by molar-refractivity contribution is -0.146. The fourth-order valence-corrected chi connectivity index (χ4v) is 5.75. The summed E-state index contributed by atoms with van der Waals surface area (Å²) < 4.78 is 37.1. The number of hydrogen-bond donors (Lipinski definition) is 0. The van der Waals surface area contributed by atoms with E-state index in [1.54, 1.807) is 0 Å². The minimum Gasteiger partial charge on any atom is -0.464 e. The highest BCUT2D eigenvalue weighted by atomic mass is 32.2. The van der Waals surface area contributed by atoms with Gasteiger partial charge in [-0.2, -0.15) is 4.31 Å². The zero-order valence-corrected chi connectivity index (χ0v) is 23.1. The van der Waals surface area contributed by atoms with E-state index in [2.05, 4.69) is 19.1 Å². The van der Waals surface area contributed by atoms with Gasteiger partial charge in [-0.15, -0.1) is 0 Å². The third-order valence-corrected chi connectivity index (χ3v) is 8.17. The summed E-state index contributed by atoms with van der Waals surface area (Å²) in [6.45, 7) is 2.76. The lowest BCUT2D eigenvalue weighted by Crippen LogP contribution is -2.50. The Hall–Kier alpha value is -1.70. The molecule has 1 aromatic carbocycles. The molecule has 0 aromatic heterocycles. The first-order valence-electron chi connectivity index (χ1n) is 13.9. The van der Waals surface area contributed by atoms with Gasteiger partial charge in [0.1, 0.15) is 6.61 Å². The maximum atomic E-state index is 12.5. The Bertz CT molecular complexity index is 840. The van der Waals surface area contributed by atoms with Crippen LogP contribution >= 0.6 is 0 Å². The van der Waals surface area contributed by atoms with Crippen molar-refractivity contribution in [2.75, 3.05) is 19.2 Å². The lowest BCUT2D eigenvalue weighted by atomic mass is 10.1. The molecule has 7 heteroatoms. The maximum Gasteiger partial charge on any atom is 0.305 e. The van der Waals surface area contributed by atoms with Crippen molar-refractivity contribution in [2.24, 2.45) is 0 Å². The van der Waals surface area contributed by atoms with Crippen LogP contribution in [0.3, 0.4) is 0 Å². The molecular formula is C29H47NO5S. The average molecular weight is 522 g/mol. The van der Waals surface area contributed by atoms with Crippen molar-refractivity contribution in [1.29, 1.82) is 0 Å². The van der Waals surface area contributed by atoms with E-state index in [9.17, 15) is 13.2 Å². The van der Waals surface area contributed by atoms with Crippen molar-refractivity contribution in [3.8, 4) is 0 Å². The molecule has 6 nitrogen and oxygen atoms in total. The van der Waals surface area contributed by atoms with Crippen LogP contribution in [0.1, 0.15) is 102 Å². The molecule has 0 saturated carbocycles. The van der Waals surface area contributed by atoms with Crippen LogP contribution < -0.4 is 0 Å². The molecule has 1 saturated heterocycles. The van der Waals surface area contributed by atoms with Crippen LogP contribution in [0.25, 0.3) is 0 Å². The molecule has 0 unspecified atom stereocenters. The van der Waals surface area contributed by atoms with Crippen molar-refractivity contribution in [1.82, 2.24) is 4.31 Å². The van der Waals surface area contributed by atoms with Crippen LogP contribution in [0.4, 0.5) is 0 Å². The zero-order chi connectivity index (χ0) is 25.9. The molecule has 0 radical (unpaired) electrons. The van der Waals surface area contributed by atoms with Gasteiger partial charge in [0.15, 0.2) is 5.94 Å². The molecule has 2 rings (SSSR count). The fourth-order valence-electron chi connectivity index (χ4n) is 4.39. The first-order valence-corrected chi connectivity index (χ1v) is 15.6. The Morgan fingerprint density at radius 3 is 2.22 bits per heavy atom. The SMILES string of the molecule is CCCCCCCC/C=C\CCCCCCCC(=O)OC[C@@H]1COCS(=O)(=O)N1Cc1ccccc1. The van der Waals surface area contributed by atoms with Crippen molar-refractivity contribution < 1.29 is 22.7 Å². The van der Waals surface area contributed by atoms with Gasteiger partial charge in [-0.1, -0.05) is 101 Å². The molecule has 204 valence electrons. The minimum absolute atomic E-state index is 0.0238. The number of sulfonamides is 1. The highest BCUT2D eigenvalue weighted by molar-refractivity contribution is 7.88. The van der Waals surface area contributed by atoms with Gasteiger partial charge in [-0.3, -0.25) is 4.79 Å². The number of carbonyl (C=O) groups is 1. The summed E-state index contributed by atoms with van der Waals surface area (Å²) in [6.07, 6.45) is 20.8. The predicted molar refractivity (Wildman–Crippen MR) is 146 cm³/mol. The average Bonchev–Trinajstić information content (AvgIpc) is 2.87. The molecule has 1 aliphatic rings. The molecule has 0 N–H and O–H groups in total. The summed E-state index contributed by atoms with van der Waals surface area (Å²) >= 11 is 0. The number of esters is 1. The second kappa shape index (κ2) is 18.5. The molecule has 1 aliphatic heterocycles. The normalized spacial score (nSPS) is 18.0. The summed E-state index contributed by atoms with van der Waals surface area (Å²) in [5.41, 5.74) is 0.896. The van der Waals surface area contributed by atoms with E-state index < -0.39 is 16.1 Å². The Morgan fingerprint density at radius 1 is 0.944 bits per heavy atom. The van der Waals surface area contributed by atoms with E-state index in [-0.39, 0.29) is 31.7 Å². The van der Waals surface area contributed by atoms with Crippen LogP contribution in [0, 0.1) is 0 Å². The number of allylic oxidation sites excluding steroid dienone is 2. The number of benzene rings is 1. The Labute approximate surface area is 219 Å². The Kier molecular flexibility index (Phi) is 15.7. The summed E-state index contributed by atoms with van der Waals surface area (Å²) in [7, 11) is -3.55.